The second-order valence-electron chi connectivity index (χ2n) is 6.77. The molecule has 1 aromatic rings. The molecular formula is C15H26N4O4S. The Labute approximate surface area is 142 Å². The van der Waals surface area contributed by atoms with Gasteiger partial charge in [0, 0.05) is 25.4 Å². The first-order valence-corrected chi connectivity index (χ1v) is 10.1. The summed E-state index contributed by atoms with van der Waals surface area (Å²) < 4.78 is 28.1. The zero-order chi connectivity index (χ0) is 17.7. The number of nitrogens with zero attached hydrogens (tertiary/aromatic N) is 3. The van der Waals surface area contributed by atoms with Gasteiger partial charge in [-0.1, -0.05) is 19.0 Å². The minimum atomic E-state index is -2.90. The van der Waals surface area contributed by atoms with Crippen LogP contribution in [0.25, 0.3) is 0 Å². The van der Waals surface area contributed by atoms with Crippen LogP contribution >= 0.6 is 0 Å². The first-order chi connectivity index (χ1) is 11.2. The van der Waals surface area contributed by atoms with E-state index in [0.29, 0.717) is 37.0 Å². The lowest BCUT2D eigenvalue weighted by molar-refractivity contribution is -0.121. The molecule has 8 nitrogen and oxygen atoms in total. The van der Waals surface area contributed by atoms with Gasteiger partial charge in [0.1, 0.15) is 0 Å². The van der Waals surface area contributed by atoms with E-state index in [1.807, 2.05) is 11.9 Å². The maximum atomic E-state index is 11.9. The minimum absolute atomic E-state index is 0.0114. The Hall–Kier alpha value is -1.48. The summed E-state index contributed by atoms with van der Waals surface area (Å²) in [5.41, 5.74) is 0. The molecule has 0 saturated carbocycles. The van der Waals surface area contributed by atoms with Gasteiger partial charge in [0.15, 0.2) is 15.7 Å². The van der Waals surface area contributed by atoms with Crippen molar-refractivity contribution in [3.05, 3.63) is 11.7 Å². The van der Waals surface area contributed by atoms with E-state index in [4.69, 9.17) is 4.52 Å². The van der Waals surface area contributed by atoms with Gasteiger partial charge in [-0.2, -0.15) is 4.98 Å². The van der Waals surface area contributed by atoms with E-state index in [0.717, 1.165) is 6.42 Å². The van der Waals surface area contributed by atoms with Gasteiger partial charge in [0.25, 0.3) is 0 Å². The van der Waals surface area contributed by atoms with Crippen molar-refractivity contribution in [2.45, 2.75) is 45.7 Å². The molecule has 0 aliphatic carbocycles. The van der Waals surface area contributed by atoms with Crippen LogP contribution in [-0.4, -0.2) is 60.5 Å². The van der Waals surface area contributed by atoms with Crippen LogP contribution in [0.1, 0.15) is 38.4 Å². The maximum Gasteiger partial charge on any atom is 0.246 e. The first-order valence-electron chi connectivity index (χ1n) is 8.24. The molecule has 1 fully saturated rings. The van der Waals surface area contributed by atoms with Crippen LogP contribution in [0, 0.1) is 5.92 Å². The zero-order valence-electron chi connectivity index (χ0n) is 14.5. The molecule has 1 aromatic heterocycles. The molecule has 2 rings (SSSR count). The highest BCUT2D eigenvalue weighted by molar-refractivity contribution is 7.91. The van der Waals surface area contributed by atoms with E-state index >= 15 is 0 Å². The van der Waals surface area contributed by atoms with E-state index < -0.39 is 9.84 Å². The summed E-state index contributed by atoms with van der Waals surface area (Å²) in [6, 6.07) is 0.0114. The zero-order valence-corrected chi connectivity index (χ0v) is 15.3. The van der Waals surface area contributed by atoms with Crippen LogP contribution in [0.4, 0.5) is 0 Å². The van der Waals surface area contributed by atoms with Gasteiger partial charge < -0.3 is 14.7 Å². The van der Waals surface area contributed by atoms with Crippen molar-refractivity contribution in [1.29, 1.82) is 0 Å². The molecule has 24 heavy (non-hydrogen) atoms. The lowest BCUT2D eigenvalue weighted by atomic mass is 10.1. The van der Waals surface area contributed by atoms with Gasteiger partial charge in [-0.25, -0.2) is 8.42 Å². The number of nitrogens with one attached hydrogen (secondary N) is 1. The molecule has 1 saturated heterocycles. The highest BCUT2D eigenvalue weighted by Crippen LogP contribution is 2.16. The lowest BCUT2D eigenvalue weighted by Crippen LogP contribution is -2.36. The summed E-state index contributed by atoms with van der Waals surface area (Å²) in [4.78, 5) is 18.1. The molecule has 1 aliphatic rings. The monoisotopic (exact) mass is 358 g/mol. The average molecular weight is 358 g/mol. The molecule has 0 bridgehead atoms. The molecule has 1 atom stereocenters. The third-order valence-corrected chi connectivity index (χ3v) is 5.81. The second-order valence-corrected chi connectivity index (χ2v) is 9.00. The predicted octanol–water partition coefficient (Wildman–Crippen LogP) is 0.393. The topological polar surface area (TPSA) is 105 Å². The Morgan fingerprint density at radius 1 is 1.46 bits per heavy atom. The smallest absolute Gasteiger partial charge is 0.246 e. The molecule has 9 heteroatoms. The van der Waals surface area contributed by atoms with Crippen molar-refractivity contribution >= 4 is 15.7 Å². The molecule has 0 radical (unpaired) electrons. The van der Waals surface area contributed by atoms with E-state index in [1.54, 1.807) is 0 Å². The van der Waals surface area contributed by atoms with Gasteiger partial charge >= 0.3 is 0 Å². The first kappa shape index (κ1) is 18.9. The Kier molecular flexibility index (Phi) is 6.34. The largest absolute Gasteiger partial charge is 0.347 e. The van der Waals surface area contributed by atoms with Gasteiger partial charge in [0.05, 0.1) is 18.1 Å². The molecule has 0 aromatic carbocycles. The van der Waals surface area contributed by atoms with Crippen molar-refractivity contribution < 1.29 is 17.7 Å². The van der Waals surface area contributed by atoms with Gasteiger partial charge in [-0.15, -0.1) is 0 Å². The number of carbonyl (C=O) groups is 1. The highest BCUT2D eigenvalue weighted by Gasteiger charge is 2.30. The molecule has 1 N–H and O–H groups in total. The van der Waals surface area contributed by atoms with Crippen molar-refractivity contribution in [3.8, 4) is 0 Å². The normalized spacial score (nSPS) is 20.0. The molecule has 1 amide bonds. The van der Waals surface area contributed by atoms with Crippen LogP contribution in [-0.2, 0) is 27.6 Å². The molecular weight excluding hydrogens is 332 g/mol. The standard InChI is InChI=1S/C15H26N4O4S/c1-11(2)8-13-17-15(23-18-13)9-16-14(20)4-6-19(3)12-5-7-24(21,22)10-12/h11-12H,4-10H2,1-3H3,(H,16,20)/t12-/m1/s1. The fourth-order valence-corrected chi connectivity index (χ4v) is 4.46. The van der Waals surface area contributed by atoms with E-state index in [-0.39, 0.29) is 30.0 Å². The molecule has 1 aliphatic heterocycles. The third kappa shape index (κ3) is 5.86. The summed E-state index contributed by atoms with van der Waals surface area (Å²) in [6.45, 7) is 4.88. The average Bonchev–Trinajstić information content (AvgIpc) is 3.08. The van der Waals surface area contributed by atoms with E-state index in [1.165, 1.54) is 0 Å². The minimum Gasteiger partial charge on any atom is -0.347 e. The van der Waals surface area contributed by atoms with Gasteiger partial charge in [-0.05, 0) is 19.4 Å². The Balaban J connectivity index is 1.69. The van der Waals surface area contributed by atoms with Crippen LogP contribution in [0.2, 0.25) is 0 Å². The molecule has 2 heterocycles. The van der Waals surface area contributed by atoms with Crippen molar-refractivity contribution in [1.82, 2.24) is 20.4 Å². The fraction of sp³-hybridized carbons (Fsp3) is 0.800. The molecule has 0 spiro atoms. The number of amides is 1. The lowest BCUT2D eigenvalue weighted by Gasteiger charge is -2.22. The Morgan fingerprint density at radius 3 is 2.83 bits per heavy atom. The van der Waals surface area contributed by atoms with Crippen molar-refractivity contribution in [2.24, 2.45) is 5.92 Å². The van der Waals surface area contributed by atoms with Gasteiger partial charge in [0.2, 0.25) is 11.8 Å². The molecule has 136 valence electrons. The quantitative estimate of drug-likeness (QED) is 0.717. The SMILES string of the molecule is CC(C)Cc1noc(CNC(=O)CCN(C)[C@@H]2CCS(=O)(=O)C2)n1. The Bertz CT molecular complexity index is 656. The van der Waals surface area contributed by atoms with Crippen molar-refractivity contribution in [2.75, 3.05) is 25.1 Å². The van der Waals surface area contributed by atoms with Crippen LogP contribution in [0.5, 0.6) is 0 Å². The van der Waals surface area contributed by atoms with Crippen LogP contribution in [0.3, 0.4) is 0 Å². The number of hydrogen-bond acceptors (Lipinski definition) is 7. The third-order valence-electron chi connectivity index (χ3n) is 4.06. The maximum absolute atomic E-state index is 11.9. The summed E-state index contributed by atoms with van der Waals surface area (Å²) in [7, 11) is -1.05. The fourth-order valence-electron chi connectivity index (χ4n) is 2.66. The van der Waals surface area contributed by atoms with Crippen LogP contribution < -0.4 is 5.32 Å². The number of rotatable bonds is 8. The second kappa shape index (κ2) is 8.06. The number of aromatic nitrogens is 2. The highest BCUT2D eigenvalue weighted by atomic mass is 32.2. The van der Waals surface area contributed by atoms with E-state index in [2.05, 4.69) is 29.3 Å². The summed E-state index contributed by atoms with van der Waals surface area (Å²) >= 11 is 0. The molecule has 0 unspecified atom stereocenters. The number of carbonyl (C=O) groups excluding carboxylic acids is 1. The van der Waals surface area contributed by atoms with E-state index in [9.17, 15) is 13.2 Å². The summed E-state index contributed by atoms with van der Waals surface area (Å²) in [6.07, 6.45) is 1.69. The van der Waals surface area contributed by atoms with Crippen molar-refractivity contribution in [3.63, 3.8) is 0 Å². The van der Waals surface area contributed by atoms with Crippen LogP contribution in [0.15, 0.2) is 4.52 Å². The number of sulfone groups is 1. The van der Waals surface area contributed by atoms with Gasteiger partial charge in [-0.3, -0.25) is 4.79 Å². The predicted molar refractivity (Wildman–Crippen MR) is 89.0 cm³/mol. The summed E-state index contributed by atoms with van der Waals surface area (Å²) in [5, 5.41) is 6.62. The Morgan fingerprint density at radius 2 is 2.21 bits per heavy atom. The number of hydrogen-bond donors (Lipinski definition) is 1. The summed E-state index contributed by atoms with van der Waals surface area (Å²) in [5.74, 6) is 1.80.